The molecule has 20 heavy (non-hydrogen) atoms. The second kappa shape index (κ2) is 5.34. The maximum atomic E-state index is 2.75. The van der Waals surface area contributed by atoms with Gasteiger partial charge in [0.25, 0.3) is 0 Å². The molecule has 5 rings (SSSR count). The maximum Gasteiger partial charge on any atom is 0.0331 e. The maximum absolute atomic E-state index is 2.75. The van der Waals surface area contributed by atoms with Crippen LogP contribution in [0.25, 0.3) is 0 Å². The zero-order valence-electron chi connectivity index (χ0n) is 11.8. The lowest BCUT2D eigenvalue weighted by Crippen LogP contribution is -2.45. The van der Waals surface area contributed by atoms with E-state index >= 15 is 0 Å². The molecular weight excluding hydrogens is 262 g/mol. The normalized spacial score (nSPS) is 26.0. The van der Waals surface area contributed by atoms with Crippen molar-refractivity contribution in [2.24, 2.45) is 5.92 Å². The summed E-state index contributed by atoms with van der Waals surface area (Å²) in [7, 11) is 0. The summed E-state index contributed by atoms with van der Waals surface area (Å²) in [6.45, 7) is 2.44. The van der Waals surface area contributed by atoms with Crippen LogP contribution < -0.4 is 0 Å². The van der Waals surface area contributed by atoms with E-state index in [4.69, 9.17) is 0 Å². The van der Waals surface area contributed by atoms with Crippen LogP contribution in [0.5, 0.6) is 0 Å². The first kappa shape index (κ1) is 12.6. The van der Waals surface area contributed by atoms with Crippen LogP contribution in [0.1, 0.15) is 28.8 Å². The average Bonchev–Trinajstić information content (AvgIpc) is 2.93. The molecule has 0 unspecified atom stereocenters. The van der Waals surface area contributed by atoms with Gasteiger partial charge in [-0.25, -0.2) is 0 Å². The molecule has 2 atom stereocenters. The van der Waals surface area contributed by atoms with Gasteiger partial charge in [0.15, 0.2) is 0 Å². The molecule has 3 heterocycles. The van der Waals surface area contributed by atoms with Gasteiger partial charge in [0, 0.05) is 24.0 Å². The minimum absolute atomic E-state index is 0.745. The number of fused-ring (bicyclic) bond motifs is 2. The average molecular weight is 283 g/mol. The third kappa shape index (κ3) is 2.43. The number of rotatable bonds is 2. The standard InChI is InChI=1S/C18H21NS/c1-2-5-16-11-17-8-7-14(10-15(16)4-1)12-19(17)13-18-6-3-9-20-18/h1-6,9,14,17H,7-8,10-13H2/t14-,17+/m1/s1. The van der Waals surface area contributed by atoms with E-state index in [0.29, 0.717) is 0 Å². The minimum atomic E-state index is 0.745. The molecule has 104 valence electrons. The Morgan fingerprint density at radius 3 is 2.65 bits per heavy atom. The van der Waals surface area contributed by atoms with Crippen molar-refractivity contribution in [3.05, 3.63) is 57.8 Å². The molecule has 0 N–H and O–H groups in total. The fraction of sp³-hybridized carbons (Fsp3) is 0.444. The van der Waals surface area contributed by atoms with Crippen LogP contribution in [-0.4, -0.2) is 17.5 Å². The molecule has 2 aliphatic heterocycles. The van der Waals surface area contributed by atoms with Crippen LogP contribution in [0, 0.1) is 5.92 Å². The molecule has 2 bridgehead atoms. The van der Waals surface area contributed by atoms with Crippen LogP contribution in [0.4, 0.5) is 0 Å². The first-order valence-electron chi connectivity index (χ1n) is 7.72. The lowest BCUT2D eigenvalue weighted by molar-refractivity contribution is 0.0948. The van der Waals surface area contributed by atoms with Gasteiger partial charge in [-0.3, -0.25) is 4.90 Å². The molecule has 1 nitrogen and oxygen atoms in total. The van der Waals surface area contributed by atoms with Gasteiger partial charge in [-0.2, -0.15) is 0 Å². The summed E-state index contributed by atoms with van der Waals surface area (Å²) in [4.78, 5) is 4.26. The topological polar surface area (TPSA) is 3.24 Å². The summed E-state index contributed by atoms with van der Waals surface area (Å²) < 4.78 is 0. The van der Waals surface area contributed by atoms with Crippen molar-refractivity contribution in [1.29, 1.82) is 0 Å². The number of thiophene rings is 1. The summed E-state index contributed by atoms with van der Waals surface area (Å²) >= 11 is 1.90. The number of hydrogen-bond acceptors (Lipinski definition) is 2. The second-order valence-electron chi connectivity index (χ2n) is 6.28. The van der Waals surface area contributed by atoms with Gasteiger partial charge in [-0.1, -0.05) is 30.3 Å². The van der Waals surface area contributed by atoms with Gasteiger partial charge in [0.1, 0.15) is 0 Å². The molecule has 1 aromatic carbocycles. The molecule has 0 saturated carbocycles. The van der Waals surface area contributed by atoms with E-state index in [1.54, 1.807) is 11.1 Å². The largest absolute Gasteiger partial charge is 0.295 e. The first-order valence-corrected chi connectivity index (χ1v) is 8.59. The zero-order chi connectivity index (χ0) is 13.4. The Balaban J connectivity index is 1.60. The summed E-state index contributed by atoms with van der Waals surface area (Å²) in [5.74, 6) is 0.854. The molecule has 0 spiro atoms. The molecule has 1 fully saturated rings. The highest BCUT2D eigenvalue weighted by Gasteiger charge is 2.31. The minimum Gasteiger partial charge on any atom is -0.295 e. The van der Waals surface area contributed by atoms with Gasteiger partial charge in [-0.05, 0) is 54.2 Å². The van der Waals surface area contributed by atoms with Crippen molar-refractivity contribution in [3.8, 4) is 0 Å². The van der Waals surface area contributed by atoms with Gasteiger partial charge >= 0.3 is 0 Å². The van der Waals surface area contributed by atoms with E-state index in [2.05, 4.69) is 46.7 Å². The van der Waals surface area contributed by atoms with E-state index in [1.807, 2.05) is 11.3 Å². The third-order valence-electron chi connectivity index (χ3n) is 4.94. The monoisotopic (exact) mass is 283 g/mol. The van der Waals surface area contributed by atoms with Crippen molar-refractivity contribution in [2.45, 2.75) is 38.3 Å². The van der Waals surface area contributed by atoms with Crippen molar-refractivity contribution in [3.63, 3.8) is 0 Å². The number of benzene rings is 1. The smallest absolute Gasteiger partial charge is 0.0331 e. The van der Waals surface area contributed by atoms with E-state index in [1.165, 1.54) is 37.1 Å². The van der Waals surface area contributed by atoms with Gasteiger partial charge in [-0.15, -0.1) is 11.3 Å². The number of nitrogens with zero attached hydrogens (tertiary/aromatic N) is 1. The Labute approximate surface area is 125 Å². The fourth-order valence-electron chi connectivity index (χ4n) is 3.90. The predicted octanol–water partition coefficient (Wildman–Crippen LogP) is 4.13. The first-order chi connectivity index (χ1) is 9.88. The molecule has 3 aliphatic rings. The Bertz CT molecular complexity index is 575. The summed E-state index contributed by atoms with van der Waals surface area (Å²) in [6.07, 6.45) is 5.32. The van der Waals surface area contributed by atoms with Crippen LogP contribution in [0.15, 0.2) is 41.8 Å². The Kier molecular flexibility index (Phi) is 3.37. The molecule has 1 aromatic heterocycles. The van der Waals surface area contributed by atoms with Crippen LogP contribution in [0.3, 0.4) is 0 Å². The highest BCUT2D eigenvalue weighted by atomic mass is 32.1. The van der Waals surface area contributed by atoms with Crippen LogP contribution in [0.2, 0.25) is 0 Å². The van der Waals surface area contributed by atoms with Crippen molar-refractivity contribution in [1.82, 2.24) is 4.90 Å². The second-order valence-corrected chi connectivity index (χ2v) is 7.32. The quantitative estimate of drug-likeness (QED) is 0.801. The van der Waals surface area contributed by atoms with Gasteiger partial charge in [0.2, 0.25) is 0 Å². The van der Waals surface area contributed by atoms with E-state index in [0.717, 1.165) is 18.5 Å². The zero-order valence-corrected chi connectivity index (χ0v) is 12.6. The van der Waals surface area contributed by atoms with E-state index < -0.39 is 0 Å². The SMILES string of the molecule is c1csc(CN2C[C@@H]3CC[C@H]2Cc2ccccc2C3)c1. The molecule has 2 heteroatoms. The Hall–Kier alpha value is -1.12. The van der Waals surface area contributed by atoms with Gasteiger partial charge < -0.3 is 0 Å². The number of piperidine rings is 1. The van der Waals surface area contributed by atoms with Crippen LogP contribution in [-0.2, 0) is 19.4 Å². The summed E-state index contributed by atoms with van der Waals surface area (Å²) in [6, 6.07) is 14.3. The van der Waals surface area contributed by atoms with Crippen molar-refractivity contribution >= 4 is 11.3 Å². The van der Waals surface area contributed by atoms with Crippen LogP contribution >= 0.6 is 11.3 Å². The van der Waals surface area contributed by atoms with E-state index in [-0.39, 0.29) is 0 Å². The Morgan fingerprint density at radius 1 is 1.00 bits per heavy atom. The lowest BCUT2D eigenvalue weighted by Gasteiger charge is -2.42. The predicted molar refractivity (Wildman–Crippen MR) is 85.1 cm³/mol. The number of hydrogen-bond donors (Lipinski definition) is 0. The highest BCUT2D eigenvalue weighted by molar-refractivity contribution is 7.09. The molecule has 0 amide bonds. The van der Waals surface area contributed by atoms with E-state index in [9.17, 15) is 0 Å². The summed E-state index contributed by atoms with van der Waals surface area (Å²) in [5, 5.41) is 2.20. The highest BCUT2D eigenvalue weighted by Crippen LogP contribution is 2.33. The molecule has 1 saturated heterocycles. The lowest BCUT2D eigenvalue weighted by atomic mass is 9.80. The summed E-state index contributed by atoms with van der Waals surface area (Å²) in [5.41, 5.74) is 3.20. The molecule has 1 aliphatic carbocycles. The molecular formula is C18H21NS. The van der Waals surface area contributed by atoms with Crippen molar-refractivity contribution < 1.29 is 0 Å². The third-order valence-corrected chi connectivity index (χ3v) is 5.80. The van der Waals surface area contributed by atoms with Crippen molar-refractivity contribution in [2.75, 3.05) is 6.54 Å². The molecule has 0 radical (unpaired) electrons. The van der Waals surface area contributed by atoms with Gasteiger partial charge in [0.05, 0.1) is 0 Å². The molecule has 2 aromatic rings. The fourth-order valence-corrected chi connectivity index (χ4v) is 4.63. The Morgan fingerprint density at radius 2 is 1.85 bits per heavy atom.